The molecule has 0 aliphatic rings. The molecule has 0 fully saturated rings. The third kappa shape index (κ3) is 4.33. The van der Waals surface area contributed by atoms with Crippen molar-refractivity contribution < 1.29 is 17.9 Å². The van der Waals surface area contributed by atoms with Crippen LogP contribution < -0.4 is 4.72 Å². The zero-order valence-electron chi connectivity index (χ0n) is 12.5. The third-order valence-corrected chi connectivity index (χ3v) is 5.33. The van der Waals surface area contributed by atoms with Gasteiger partial charge in [0.2, 0.25) is 0 Å². The predicted octanol–water partition coefficient (Wildman–Crippen LogP) is 3.82. The number of para-hydroxylation sites is 1. The molecule has 0 bridgehead atoms. The lowest BCUT2D eigenvalue weighted by Crippen LogP contribution is -2.17. The molecular formula is C16H16BrNO4S. The van der Waals surface area contributed by atoms with Crippen LogP contribution in [-0.2, 0) is 14.8 Å². The number of hydrogen-bond acceptors (Lipinski definition) is 4. The van der Waals surface area contributed by atoms with Crippen molar-refractivity contribution in [3.8, 4) is 0 Å². The molecule has 0 saturated heterocycles. The number of rotatable bonds is 6. The fourth-order valence-electron chi connectivity index (χ4n) is 1.89. The van der Waals surface area contributed by atoms with Gasteiger partial charge in [-0.2, -0.15) is 0 Å². The Bertz CT molecular complexity index is 805. The van der Waals surface area contributed by atoms with Crippen LogP contribution in [0.4, 0.5) is 5.69 Å². The van der Waals surface area contributed by atoms with E-state index in [1.165, 1.54) is 18.2 Å². The molecule has 0 aliphatic carbocycles. The Morgan fingerprint density at radius 3 is 2.48 bits per heavy atom. The van der Waals surface area contributed by atoms with Crippen molar-refractivity contribution in [1.82, 2.24) is 0 Å². The highest BCUT2D eigenvalue weighted by Crippen LogP contribution is 2.25. The summed E-state index contributed by atoms with van der Waals surface area (Å²) in [7, 11) is -3.83. The van der Waals surface area contributed by atoms with Gasteiger partial charge in [0.15, 0.2) is 0 Å². The largest absolute Gasteiger partial charge is 0.462 e. The van der Waals surface area contributed by atoms with Crippen LogP contribution in [0.1, 0.15) is 23.7 Å². The van der Waals surface area contributed by atoms with Crippen LogP contribution in [0.15, 0.2) is 57.9 Å². The Labute approximate surface area is 143 Å². The first-order chi connectivity index (χ1) is 11.0. The molecule has 0 radical (unpaired) electrons. The van der Waals surface area contributed by atoms with Crippen LogP contribution in [0.5, 0.6) is 0 Å². The van der Waals surface area contributed by atoms with Crippen molar-refractivity contribution in [3.05, 3.63) is 58.6 Å². The molecule has 122 valence electrons. The highest BCUT2D eigenvalue weighted by Gasteiger charge is 2.20. The van der Waals surface area contributed by atoms with Gasteiger partial charge in [-0.3, -0.25) is 4.72 Å². The lowest BCUT2D eigenvalue weighted by Gasteiger charge is -2.13. The summed E-state index contributed by atoms with van der Waals surface area (Å²) in [5.41, 5.74) is 0.362. The maximum absolute atomic E-state index is 12.5. The first-order valence-electron chi connectivity index (χ1n) is 6.99. The standard InChI is InChI=1S/C16H16BrNO4S/c1-2-11-22-16(19)12-7-3-5-9-14(12)18-23(20,21)15-10-6-4-8-13(15)17/h3-10,18H,2,11H2,1H3. The van der Waals surface area contributed by atoms with Gasteiger partial charge in [0.1, 0.15) is 4.90 Å². The molecular weight excluding hydrogens is 382 g/mol. The van der Waals surface area contributed by atoms with Crippen LogP contribution in [-0.4, -0.2) is 21.0 Å². The summed E-state index contributed by atoms with van der Waals surface area (Å²) >= 11 is 3.22. The van der Waals surface area contributed by atoms with Gasteiger partial charge in [0.25, 0.3) is 10.0 Å². The molecule has 5 nitrogen and oxygen atoms in total. The summed E-state index contributed by atoms with van der Waals surface area (Å²) in [5, 5.41) is 0. The molecule has 0 atom stereocenters. The van der Waals surface area contributed by atoms with Gasteiger partial charge in [0.05, 0.1) is 17.9 Å². The highest BCUT2D eigenvalue weighted by molar-refractivity contribution is 9.10. The molecule has 7 heteroatoms. The van der Waals surface area contributed by atoms with Crippen LogP contribution in [0, 0.1) is 0 Å². The number of carbonyl (C=O) groups excluding carboxylic acids is 1. The average Bonchev–Trinajstić information content (AvgIpc) is 2.53. The lowest BCUT2D eigenvalue weighted by molar-refractivity contribution is 0.0506. The van der Waals surface area contributed by atoms with Gasteiger partial charge in [0, 0.05) is 4.47 Å². The van der Waals surface area contributed by atoms with Crippen LogP contribution >= 0.6 is 15.9 Å². The predicted molar refractivity (Wildman–Crippen MR) is 92.0 cm³/mol. The number of nitrogens with one attached hydrogen (secondary N) is 1. The van der Waals surface area contributed by atoms with Gasteiger partial charge < -0.3 is 4.74 Å². The Balaban J connectivity index is 2.34. The molecule has 0 aromatic heterocycles. The second kappa shape index (κ2) is 7.61. The molecule has 0 amide bonds. The van der Waals surface area contributed by atoms with Crippen molar-refractivity contribution in [2.24, 2.45) is 0 Å². The zero-order valence-corrected chi connectivity index (χ0v) is 14.9. The number of esters is 1. The molecule has 2 aromatic carbocycles. The quantitative estimate of drug-likeness (QED) is 0.751. The van der Waals surface area contributed by atoms with E-state index in [1.54, 1.807) is 30.3 Å². The third-order valence-electron chi connectivity index (χ3n) is 2.95. The molecule has 2 aromatic rings. The van der Waals surface area contributed by atoms with E-state index in [-0.39, 0.29) is 22.8 Å². The maximum Gasteiger partial charge on any atom is 0.340 e. The second-order valence-electron chi connectivity index (χ2n) is 4.72. The summed E-state index contributed by atoms with van der Waals surface area (Å²) in [6, 6.07) is 12.8. The lowest BCUT2D eigenvalue weighted by atomic mass is 10.2. The molecule has 23 heavy (non-hydrogen) atoms. The Hall–Kier alpha value is -1.86. The summed E-state index contributed by atoms with van der Waals surface area (Å²) in [6.45, 7) is 2.17. The smallest absolute Gasteiger partial charge is 0.340 e. The normalized spacial score (nSPS) is 11.0. The first kappa shape index (κ1) is 17.5. The molecule has 0 heterocycles. The number of benzene rings is 2. The highest BCUT2D eigenvalue weighted by atomic mass is 79.9. The van der Waals surface area contributed by atoms with E-state index in [4.69, 9.17) is 4.74 Å². The number of halogens is 1. The van der Waals surface area contributed by atoms with E-state index in [1.807, 2.05) is 6.92 Å². The van der Waals surface area contributed by atoms with E-state index in [9.17, 15) is 13.2 Å². The first-order valence-corrected chi connectivity index (χ1v) is 9.27. The summed E-state index contributed by atoms with van der Waals surface area (Å²) < 4.78 is 33.0. The molecule has 0 spiro atoms. The van der Waals surface area contributed by atoms with E-state index < -0.39 is 16.0 Å². The van der Waals surface area contributed by atoms with Gasteiger partial charge in [-0.25, -0.2) is 13.2 Å². The van der Waals surface area contributed by atoms with E-state index in [0.717, 1.165) is 0 Å². The number of carbonyl (C=O) groups is 1. The van der Waals surface area contributed by atoms with Gasteiger partial charge >= 0.3 is 5.97 Å². The van der Waals surface area contributed by atoms with Crippen molar-refractivity contribution in [3.63, 3.8) is 0 Å². The molecule has 0 saturated carbocycles. The van der Waals surface area contributed by atoms with Crippen LogP contribution in [0.3, 0.4) is 0 Å². The molecule has 2 rings (SSSR count). The van der Waals surface area contributed by atoms with Gasteiger partial charge in [-0.05, 0) is 46.6 Å². The minimum absolute atomic E-state index is 0.0942. The van der Waals surface area contributed by atoms with Crippen molar-refractivity contribution >= 4 is 37.6 Å². The Morgan fingerprint density at radius 2 is 1.78 bits per heavy atom. The van der Waals surface area contributed by atoms with Gasteiger partial charge in [-0.15, -0.1) is 0 Å². The molecule has 1 N–H and O–H groups in total. The molecule has 0 aliphatic heterocycles. The number of ether oxygens (including phenoxy) is 1. The topological polar surface area (TPSA) is 72.5 Å². The number of sulfonamides is 1. The summed E-state index contributed by atoms with van der Waals surface area (Å²) in [4.78, 5) is 12.1. The fraction of sp³-hybridized carbons (Fsp3) is 0.188. The van der Waals surface area contributed by atoms with Crippen LogP contribution in [0.2, 0.25) is 0 Å². The Kier molecular flexibility index (Phi) is 5.79. The second-order valence-corrected chi connectivity index (χ2v) is 7.22. The minimum atomic E-state index is -3.83. The SMILES string of the molecule is CCCOC(=O)c1ccccc1NS(=O)(=O)c1ccccc1Br. The van der Waals surface area contributed by atoms with Crippen LogP contribution in [0.25, 0.3) is 0 Å². The zero-order chi connectivity index (χ0) is 16.9. The number of hydrogen-bond donors (Lipinski definition) is 1. The molecule has 0 unspecified atom stereocenters. The Morgan fingerprint density at radius 1 is 1.13 bits per heavy atom. The van der Waals surface area contributed by atoms with Crippen molar-refractivity contribution in [2.75, 3.05) is 11.3 Å². The fourth-order valence-corrected chi connectivity index (χ4v) is 3.97. The average molecular weight is 398 g/mol. The van der Waals surface area contributed by atoms with E-state index in [0.29, 0.717) is 10.9 Å². The van der Waals surface area contributed by atoms with E-state index >= 15 is 0 Å². The summed E-state index contributed by atoms with van der Waals surface area (Å²) in [5.74, 6) is -0.558. The van der Waals surface area contributed by atoms with Crippen molar-refractivity contribution in [2.45, 2.75) is 18.2 Å². The van der Waals surface area contributed by atoms with E-state index in [2.05, 4.69) is 20.7 Å². The minimum Gasteiger partial charge on any atom is -0.462 e. The maximum atomic E-state index is 12.5. The van der Waals surface area contributed by atoms with Crippen molar-refractivity contribution in [1.29, 1.82) is 0 Å². The summed E-state index contributed by atoms with van der Waals surface area (Å²) in [6.07, 6.45) is 0.691. The van der Waals surface area contributed by atoms with Gasteiger partial charge in [-0.1, -0.05) is 31.2 Å². The monoisotopic (exact) mass is 397 g/mol. The number of anilines is 1.